The van der Waals surface area contributed by atoms with E-state index in [1.165, 1.54) is 16.7 Å². The van der Waals surface area contributed by atoms with Gasteiger partial charge in [0, 0.05) is 6.54 Å². The molecular weight excluding hydrogens is 272 g/mol. The number of hydrogen-bond acceptors (Lipinski definition) is 2. The van der Waals surface area contributed by atoms with Gasteiger partial charge < -0.3 is 11.1 Å². The summed E-state index contributed by atoms with van der Waals surface area (Å²) in [5, 5.41) is 2.92. The Labute approximate surface area is 128 Å². The van der Waals surface area contributed by atoms with Gasteiger partial charge in [-0.1, -0.05) is 49.6 Å². The third-order valence-corrected chi connectivity index (χ3v) is 3.55. The fourth-order valence-corrected chi connectivity index (χ4v) is 2.17. The topological polar surface area (TPSA) is 55.1 Å². The second-order valence-electron chi connectivity index (χ2n) is 5.45. The minimum absolute atomic E-state index is 0. The van der Waals surface area contributed by atoms with Gasteiger partial charge in [-0.3, -0.25) is 4.79 Å². The Kier molecular flexibility index (Phi) is 8.51. The molecule has 0 spiro atoms. The molecule has 0 heterocycles. The summed E-state index contributed by atoms with van der Waals surface area (Å²) in [5.74, 6) is 0.180. The highest BCUT2D eigenvalue weighted by Gasteiger charge is 2.18. The average molecular weight is 299 g/mol. The molecule has 0 bridgehead atoms. The lowest BCUT2D eigenvalue weighted by atomic mass is 9.99. The van der Waals surface area contributed by atoms with E-state index in [0.29, 0.717) is 6.54 Å². The molecule has 3 nitrogen and oxygen atoms in total. The van der Waals surface area contributed by atoms with Crippen LogP contribution < -0.4 is 11.1 Å². The van der Waals surface area contributed by atoms with Crippen molar-refractivity contribution in [1.29, 1.82) is 0 Å². The summed E-state index contributed by atoms with van der Waals surface area (Å²) in [6, 6.07) is 6.08. The first-order valence-electron chi connectivity index (χ1n) is 7.04. The van der Waals surface area contributed by atoms with Gasteiger partial charge in [-0.05, 0) is 31.7 Å². The van der Waals surface area contributed by atoms with Crippen LogP contribution in [0, 0.1) is 19.8 Å². The number of carbonyl (C=O) groups is 1. The maximum Gasteiger partial charge on any atom is 0.237 e. The van der Waals surface area contributed by atoms with E-state index >= 15 is 0 Å². The molecule has 0 radical (unpaired) electrons. The van der Waals surface area contributed by atoms with Crippen molar-refractivity contribution >= 4 is 18.3 Å². The van der Waals surface area contributed by atoms with Crippen LogP contribution in [0.15, 0.2) is 18.2 Å². The van der Waals surface area contributed by atoms with Crippen LogP contribution in [0.3, 0.4) is 0 Å². The quantitative estimate of drug-likeness (QED) is 0.848. The van der Waals surface area contributed by atoms with Crippen LogP contribution in [0.25, 0.3) is 0 Å². The minimum atomic E-state index is -0.399. The summed E-state index contributed by atoms with van der Waals surface area (Å²) in [6.45, 7) is 8.88. The third-order valence-electron chi connectivity index (χ3n) is 3.55. The molecule has 0 aliphatic carbocycles. The molecule has 2 atom stereocenters. The van der Waals surface area contributed by atoms with Gasteiger partial charge in [0.15, 0.2) is 0 Å². The molecule has 0 saturated heterocycles. The van der Waals surface area contributed by atoms with Crippen LogP contribution in [0.4, 0.5) is 0 Å². The smallest absolute Gasteiger partial charge is 0.237 e. The maximum atomic E-state index is 11.8. The molecule has 0 aliphatic rings. The zero-order chi connectivity index (χ0) is 14.4. The van der Waals surface area contributed by atoms with Crippen LogP contribution in [-0.2, 0) is 11.2 Å². The van der Waals surface area contributed by atoms with Gasteiger partial charge in [0.05, 0.1) is 6.04 Å². The second kappa shape index (κ2) is 8.98. The van der Waals surface area contributed by atoms with Crippen LogP contribution in [0.2, 0.25) is 0 Å². The molecule has 1 rings (SSSR count). The van der Waals surface area contributed by atoms with E-state index < -0.39 is 6.04 Å². The first-order chi connectivity index (χ1) is 8.93. The molecule has 114 valence electrons. The van der Waals surface area contributed by atoms with Crippen molar-refractivity contribution in [1.82, 2.24) is 5.32 Å². The normalized spacial score (nSPS) is 13.2. The number of hydrogen-bond donors (Lipinski definition) is 2. The van der Waals surface area contributed by atoms with Crippen molar-refractivity contribution in [3.05, 3.63) is 34.9 Å². The largest absolute Gasteiger partial charge is 0.354 e. The predicted molar refractivity (Wildman–Crippen MR) is 87.3 cm³/mol. The van der Waals surface area contributed by atoms with Crippen LogP contribution in [0.5, 0.6) is 0 Å². The number of benzene rings is 1. The number of amides is 1. The number of nitrogens with two attached hydrogens (primary N) is 1. The molecule has 2 unspecified atom stereocenters. The monoisotopic (exact) mass is 298 g/mol. The first-order valence-corrected chi connectivity index (χ1v) is 7.04. The van der Waals surface area contributed by atoms with Crippen LogP contribution >= 0.6 is 12.4 Å². The fourth-order valence-electron chi connectivity index (χ4n) is 2.17. The van der Waals surface area contributed by atoms with Gasteiger partial charge in [0.25, 0.3) is 0 Å². The standard InChI is InChI=1S/C16H26N2O.ClH/c1-5-13(4)15(17)16(19)18-7-6-14-9-11(2)8-12(3)10-14;/h8-10,13,15H,5-7,17H2,1-4H3,(H,18,19);1H. The van der Waals surface area contributed by atoms with E-state index in [0.717, 1.165) is 12.8 Å². The minimum Gasteiger partial charge on any atom is -0.354 e. The lowest BCUT2D eigenvalue weighted by Gasteiger charge is -2.17. The highest BCUT2D eigenvalue weighted by atomic mass is 35.5. The Hall–Kier alpha value is -1.06. The summed E-state index contributed by atoms with van der Waals surface area (Å²) < 4.78 is 0. The van der Waals surface area contributed by atoms with E-state index in [2.05, 4.69) is 37.4 Å². The second-order valence-corrected chi connectivity index (χ2v) is 5.45. The Morgan fingerprint density at radius 1 is 1.25 bits per heavy atom. The summed E-state index contributed by atoms with van der Waals surface area (Å²) in [7, 11) is 0. The highest BCUT2D eigenvalue weighted by Crippen LogP contribution is 2.09. The number of halogens is 1. The number of nitrogens with one attached hydrogen (secondary N) is 1. The molecule has 0 fully saturated rings. The molecule has 1 aromatic rings. The number of carbonyl (C=O) groups excluding carboxylic acids is 1. The van der Waals surface area contributed by atoms with Crippen molar-refractivity contribution in [2.75, 3.05) is 6.54 Å². The van der Waals surface area contributed by atoms with Crippen molar-refractivity contribution in [3.63, 3.8) is 0 Å². The lowest BCUT2D eigenvalue weighted by Crippen LogP contribution is -2.45. The Bertz CT molecular complexity index is 414. The van der Waals surface area contributed by atoms with E-state index in [9.17, 15) is 4.79 Å². The molecular formula is C16H27ClN2O. The number of aryl methyl sites for hydroxylation is 2. The molecule has 0 saturated carbocycles. The van der Waals surface area contributed by atoms with E-state index in [1.54, 1.807) is 0 Å². The third kappa shape index (κ3) is 5.93. The molecule has 20 heavy (non-hydrogen) atoms. The van der Waals surface area contributed by atoms with E-state index in [4.69, 9.17) is 5.73 Å². The summed E-state index contributed by atoms with van der Waals surface area (Å²) in [4.78, 5) is 11.8. The van der Waals surface area contributed by atoms with Gasteiger partial charge >= 0.3 is 0 Å². The van der Waals surface area contributed by atoms with Gasteiger partial charge in [-0.2, -0.15) is 0 Å². The first kappa shape index (κ1) is 18.9. The van der Waals surface area contributed by atoms with Crippen LogP contribution in [0.1, 0.15) is 37.0 Å². The predicted octanol–water partition coefficient (Wildman–Crippen LogP) is 2.76. The zero-order valence-corrected chi connectivity index (χ0v) is 13.7. The molecule has 4 heteroatoms. The fraction of sp³-hybridized carbons (Fsp3) is 0.562. The zero-order valence-electron chi connectivity index (χ0n) is 12.9. The van der Waals surface area contributed by atoms with E-state index in [1.807, 2.05) is 13.8 Å². The van der Waals surface area contributed by atoms with Crippen LogP contribution in [-0.4, -0.2) is 18.5 Å². The average Bonchev–Trinajstić information content (AvgIpc) is 2.35. The van der Waals surface area contributed by atoms with Crippen molar-refractivity contribution in [2.45, 2.75) is 46.6 Å². The highest BCUT2D eigenvalue weighted by molar-refractivity contribution is 5.85. The molecule has 0 aromatic heterocycles. The molecule has 0 aliphatic heterocycles. The molecule has 3 N–H and O–H groups in total. The van der Waals surface area contributed by atoms with Crippen molar-refractivity contribution in [3.8, 4) is 0 Å². The summed E-state index contributed by atoms with van der Waals surface area (Å²) >= 11 is 0. The lowest BCUT2D eigenvalue weighted by molar-refractivity contribution is -0.123. The Balaban J connectivity index is 0.00000361. The Morgan fingerprint density at radius 3 is 2.30 bits per heavy atom. The van der Waals surface area contributed by atoms with Gasteiger partial charge in [-0.25, -0.2) is 0 Å². The Morgan fingerprint density at radius 2 is 1.80 bits per heavy atom. The van der Waals surface area contributed by atoms with Crippen molar-refractivity contribution < 1.29 is 4.79 Å². The van der Waals surface area contributed by atoms with Crippen molar-refractivity contribution in [2.24, 2.45) is 11.7 Å². The molecule has 1 amide bonds. The van der Waals surface area contributed by atoms with Gasteiger partial charge in [-0.15, -0.1) is 12.4 Å². The molecule has 1 aromatic carbocycles. The van der Waals surface area contributed by atoms with E-state index in [-0.39, 0.29) is 24.2 Å². The number of rotatable bonds is 6. The summed E-state index contributed by atoms with van der Waals surface area (Å²) in [5.41, 5.74) is 9.67. The van der Waals surface area contributed by atoms with Gasteiger partial charge in [0.1, 0.15) is 0 Å². The maximum absolute atomic E-state index is 11.8. The SMILES string of the molecule is CCC(C)C(N)C(=O)NCCc1cc(C)cc(C)c1.Cl. The summed E-state index contributed by atoms with van der Waals surface area (Å²) in [6.07, 6.45) is 1.77. The van der Waals surface area contributed by atoms with Gasteiger partial charge in [0.2, 0.25) is 5.91 Å².